The number of methoxy groups -OCH3 is 1. The normalized spacial score (nSPS) is 9.75. The molecule has 0 aliphatic heterocycles. The third kappa shape index (κ3) is 7.18. The van der Waals surface area contributed by atoms with E-state index in [0.717, 1.165) is 22.9 Å². The molecular formula is C14H17FN2O2S. The fourth-order valence-electron chi connectivity index (χ4n) is 1.27. The number of halogens is 1. The highest BCUT2D eigenvalue weighted by Crippen LogP contribution is 2.13. The lowest BCUT2D eigenvalue weighted by Crippen LogP contribution is -1.91. The molecule has 4 nitrogen and oxygen atoms in total. The highest BCUT2D eigenvalue weighted by atomic mass is 32.2. The summed E-state index contributed by atoms with van der Waals surface area (Å²) < 4.78 is 16.7. The lowest BCUT2D eigenvalue weighted by Gasteiger charge is -2.00. The van der Waals surface area contributed by atoms with Crippen molar-refractivity contribution in [2.45, 2.75) is 11.6 Å². The van der Waals surface area contributed by atoms with Gasteiger partial charge in [0, 0.05) is 25.3 Å². The standard InChI is InChI=1S/C12H11FN2S.C2H6O2/c13-11-4-2-10(3-5-11)6-9-16-12-14-7-1-8-15-12;1-4-2-3/h1-5,7-8H,6,9H2;3H,2H2,1H3. The smallest absolute Gasteiger partial charge is 0.187 e. The van der Waals surface area contributed by atoms with Crippen LogP contribution in [0.3, 0.4) is 0 Å². The number of aliphatic hydroxyl groups excluding tert-OH is 1. The van der Waals surface area contributed by atoms with Crippen LogP contribution in [0.25, 0.3) is 0 Å². The van der Waals surface area contributed by atoms with Crippen molar-refractivity contribution < 1.29 is 14.2 Å². The molecule has 108 valence electrons. The van der Waals surface area contributed by atoms with Gasteiger partial charge in [-0.25, -0.2) is 14.4 Å². The molecular weight excluding hydrogens is 279 g/mol. The fourth-order valence-corrected chi connectivity index (χ4v) is 2.06. The SMILES string of the molecule is COCO.Fc1ccc(CCSc2ncccn2)cc1. The first-order chi connectivity index (χ1) is 9.76. The van der Waals surface area contributed by atoms with Gasteiger partial charge in [-0.05, 0) is 30.2 Å². The molecule has 0 aliphatic rings. The van der Waals surface area contributed by atoms with Crippen LogP contribution in [0.2, 0.25) is 0 Å². The van der Waals surface area contributed by atoms with Crippen molar-refractivity contribution in [3.8, 4) is 0 Å². The number of aromatic nitrogens is 2. The summed E-state index contributed by atoms with van der Waals surface area (Å²) in [6.45, 7) is -0.181. The van der Waals surface area contributed by atoms with Gasteiger partial charge in [-0.2, -0.15) is 0 Å². The van der Waals surface area contributed by atoms with E-state index in [1.54, 1.807) is 30.2 Å². The maximum absolute atomic E-state index is 12.6. The fraction of sp³-hybridized carbons (Fsp3) is 0.286. The highest BCUT2D eigenvalue weighted by Gasteiger charge is 1.97. The number of benzene rings is 1. The number of hydrogen-bond acceptors (Lipinski definition) is 5. The molecule has 0 atom stereocenters. The maximum atomic E-state index is 12.6. The quantitative estimate of drug-likeness (QED) is 0.522. The van der Waals surface area contributed by atoms with E-state index >= 15 is 0 Å². The van der Waals surface area contributed by atoms with Crippen molar-refractivity contribution in [2.75, 3.05) is 19.7 Å². The molecule has 0 amide bonds. The third-order valence-electron chi connectivity index (χ3n) is 2.21. The zero-order chi connectivity index (χ0) is 14.6. The van der Waals surface area contributed by atoms with Crippen LogP contribution in [0.1, 0.15) is 5.56 Å². The van der Waals surface area contributed by atoms with Crippen LogP contribution >= 0.6 is 11.8 Å². The van der Waals surface area contributed by atoms with E-state index in [9.17, 15) is 4.39 Å². The lowest BCUT2D eigenvalue weighted by atomic mass is 10.2. The zero-order valence-corrected chi connectivity index (χ0v) is 12.0. The van der Waals surface area contributed by atoms with Crippen molar-refractivity contribution in [1.82, 2.24) is 9.97 Å². The van der Waals surface area contributed by atoms with Gasteiger partial charge in [0.25, 0.3) is 0 Å². The van der Waals surface area contributed by atoms with Crippen molar-refractivity contribution in [3.63, 3.8) is 0 Å². The van der Waals surface area contributed by atoms with Gasteiger partial charge in [0.05, 0.1) is 0 Å². The van der Waals surface area contributed by atoms with Crippen LogP contribution in [0.4, 0.5) is 4.39 Å². The summed E-state index contributed by atoms with van der Waals surface area (Å²) in [4.78, 5) is 8.23. The molecule has 1 N–H and O–H groups in total. The maximum Gasteiger partial charge on any atom is 0.187 e. The average molecular weight is 296 g/mol. The van der Waals surface area contributed by atoms with Gasteiger partial charge >= 0.3 is 0 Å². The van der Waals surface area contributed by atoms with Crippen LogP contribution in [0, 0.1) is 5.82 Å². The number of ether oxygens (including phenoxy) is 1. The molecule has 6 heteroatoms. The monoisotopic (exact) mass is 296 g/mol. The number of rotatable bonds is 5. The molecule has 0 unspecified atom stereocenters. The van der Waals surface area contributed by atoms with Gasteiger partial charge in [-0.1, -0.05) is 23.9 Å². The summed E-state index contributed by atoms with van der Waals surface area (Å²) in [6.07, 6.45) is 4.35. The molecule has 0 radical (unpaired) electrons. The minimum Gasteiger partial charge on any atom is -0.371 e. The summed E-state index contributed by atoms with van der Waals surface area (Å²) in [5.41, 5.74) is 1.13. The van der Waals surface area contributed by atoms with Crippen molar-refractivity contribution in [1.29, 1.82) is 0 Å². The number of aryl methyl sites for hydroxylation is 1. The average Bonchev–Trinajstić information content (AvgIpc) is 2.51. The molecule has 0 spiro atoms. The van der Waals surface area contributed by atoms with Crippen molar-refractivity contribution in [3.05, 3.63) is 54.1 Å². The molecule has 0 saturated carbocycles. The molecule has 0 aliphatic carbocycles. The van der Waals surface area contributed by atoms with E-state index in [-0.39, 0.29) is 12.6 Å². The highest BCUT2D eigenvalue weighted by molar-refractivity contribution is 7.99. The van der Waals surface area contributed by atoms with Gasteiger partial charge < -0.3 is 9.84 Å². The second-order valence-corrected chi connectivity index (χ2v) is 4.74. The van der Waals surface area contributed by atoms with Gasteiger partial charge in [-0.15, -0.1) is 0 Å². The van der Waals surface area contributed by atoms with Crippen LogP contribution < -0.4 is 0 Å². The van der Waals surface area contributed by atoms with Crippen LogP contribution in [0.15, 0.2) is 47.9 Å². The van der Waals surface area contributed by atoms with Gasteiger partial charge in [0.15, 0.2) is 5.16 Å². The molecule has 1 aromatic heterocycles. The Kier molecular flexibility index (Phi) is 8.53. The number of thioether (sulfide) groups is 1. The van der Waals surface area contributed by atoms with E-state index in [4.69, 9.17) is 5.11 Å². The van der Waals surface area contributed by atoms with E-state index < -0.39 is 0 Å². The molecule has 2 aromatic rings. The Hall–Kier alpha value is -1.50. The molecule has 2 rings (SSSR count). The van der Waals surface area contributed by atoms with Crippen molar-refractivity contribution in [2.24, 2.45) is 0 Å². The molecule has 1 aromatic carbocycles. The lowest BCUT2D eigenvalue weighted by molar-refractivity contribution is 0.0325. The van der Waals surface area contributed by atoms with E-state index in [2.05, 4.69) is 14.7 Å². The van der Waals surface area contributed by atoms with Gasteiger partial charge in [-0.3, -0.25) is 0 Å². The van der Waals surface area contributed by atoms with Gasteiger partial charge in [0.1, 0.15) is 12.6 Å². The third-order valence-corrected chi connectivity index (χ3v) is 3.08. The summed E-state index contributed by atoms with van der Waals surface area (Å²) in [5, 5.41) is 8.43. The second kappa shape index (κ2) is 10.3. The Labute approximate surface area is 122 Å². The Bertz CT molecular complexity index is 466. The van der Waals surface area contributed by atoms with Crippen LogP contribution in [0.5, 0.6) is 0 Å². The van der Waals surface area contributed by atoms with E-state index in [0.29, 0.717) is 0 Å². The summed E-state index contributed by atoms with van der Waals surface area (Å²) in [5.74, 6) is 0.707. The predicted molar refractivity (Wildman–Crippen MR) is 77.0 cm³/mol. The Balaban J connectivity index is 0.000000444. The molecule has 0 fully saturated rings. The van der Waals surface area contributed by atoms with Crippen LogP contribution in [-0.2, 0) is 11.2 Å². The summed E-state index contributed by atoms with van der Waals surface area (Å²) in [7, 11) is 1.43. The molecule has 0 saturated heterocycles. The molecule has 20 heavy (non-hydrogen) atoms. The first-order valence-electron chi connectivity index (χ1n) is 6.00. The molecule has 0 bridgehead atoms. The van der Waals surface area contributed by atoms with Crippen molar-refractivity contribution >= 4 is 11.8 Å². The number of aliphatic hydroxyl groups is 1. The number of hydrogen-bond donors (Lipinski definition) is 1. The Morgan fingerprint density at radius 3 is 2.35 bits per heavy atom. The first-order valence-corrected chi connectivity index (χ1v) is 6.99. The first kappa shape index (κ1) is 16.6. The minimum atomic E-state index is -0.192. The summed E-state index contributed by atoms with van der Waals surface area (Å²) in [6, 6.07) is 8.38. The Morgan fingerprint density at radius 1 is 1.20 bits per heavy atom. The van der Waals surface area contributed by atoms with Crippen LogP contribution in [-0.4, -0.2) is 34.7 Å². The van der Waals surface area contributed by atoms with Gasteiger partial charge in [0.2, 0.25) is 0 Å². The molecule has 1 heterocycles. The minimum absolute atomic E-state index is 0.181. The van der Waals surface area contributed by atoms with E-state index in [1.165, 1.54) is 19.2 Å². The topological polar surface area (TPSA) is 55.2 Å². The second-order valence-electron chi connectivity index (χ2n) is 3.67. The summed E-state index contributed by atoms with van der Waals surface area (Å²) >= 11 is 1.60. The predicted octanol–water partition coefficient (Wildman–Crippen LogP) is 2.53. The zero-order valence-electron chi connectivity index (χ0n) is 11.2. The van der Waals surface area contributed by atoms with E-state index in [1.807, 2.05) is 12.1 Å². The Morgan fingerprint density at radius 2 is 1.80 bits per heavy atom. The number of nitrogens with zero attached hydrogens (tertiary/aromatic N) is 2. The largest absolute Gasteiger partial charge is 0.371 e.